The molecular formula is C29H48. The molecule has 4 saturated carbocycles. The molecule has 29 heavy (non-hydrogen) atoms. The first-order chi connectivity index (χ1) is 13.5. The molecular weight excluding hydrogens is 348 g/mol. The third-order valence-corrected chi connectivity index (χ3v) is 12.7. The summed E-state index contributed by atoms with van der Waals surface area (Å²) in [5.41, 5.74) is 6.63. The minimum atomic E-state index is 0.475. The van der Waals surface area contributed by atoms with E-state index in [0.717, 1.165) is 17.8 Å². The van der Waals surface area contributed by atoms with Crippen LogP contribution in [0.5, 0.6) is 0 Å². The van der Waals surface area contributed by atoms with Crippen molar-refractivity contribution in [1.82, 2.24) is 0 Å². The molecule has 0 N–H and O–H groups in total. The summed E-state index contributed by atoms with van der Waals surface area (Å²) in [7, 11) is 0. The van der Waals surface area contributed by atoms with Crippen LogP contribution in [0.3, 0.4) is 0 Å². The average Bonchev–Trinajstić information content (AvgIpc) is 2.98. The van der Waals surface area contributed by atoms with Crippen molar-refractivity contribution < 1.29 is 0 Å². The van der Waals surface area contributed by atoms with Gasteiger partial charge in [0.15, 0.2) is 0 Å². The number of hydrogen-bond acceptors (Lipinski definition) is 0. The fourth-order valence-corrected chi connectivity index (χ4v) is 11.0. The minimum Gasteiger partial charge on any atom is -0.0651 e. The van der Waals surface area contributed by atoms with E-state index in [-0.39, 0.29) is 0 Å². The Bertz CT molecular complexity index is 726. The Morgan fingerprint density at radius 3 is 2.17 bits per heavy atom. The first-order valence-corrected chi connectivity index (χ1v) is 13.3. The van der Waals surface area contributed by atoms with E-state index in [1.54, 1.807) is 0 Å². The highest BCUT2D eigenvalue weighted by Crippen LogP contribution is 2.75. The van der Waals surface area contributed by atoms with Crippen molar-refractivity contribution in [3.05, 3.63) is 11.1 Å². The number of allylic oxidation sites excluding steroid dienone is 2. The summed E-state index contributed by atoms with van der Waals surface area (Å²) >= 11 is 0. The number of fused-ring (bicyclic) bond motifs is 6. The zero-order valence-electron chi connectivity index (χ0n) is 20.7. The summed E-state index contributed by atoms with van der Waals surface area (Å²) < 4.78 is 0. The van der Waals surface area contributed by atoms with E-state index in [2.05, 4.69) is 48.5 Å². The zero-order chi connectivity index (χ0) is 20.9. The summed E-state index contributed by atoms with van der Waals surface area (Å²) in [5, 5.41) is 0. The van der Waals surface area contributed by atoms with Gasteiger partial charge in [-0.25, -0.2) is 0 Å². The van der Waals surface area contributed by atoms with Gasteiger partial charge in [-0.2, -0.15) is 0 Å². The van der Waals surface area contributed by atoms with Gasteiger partial charge in [-0.15, -0.1) is 0 Å². The Balaban J connectivity index is 1.59. The van der Waals surface area contributed by atoms with Crippen molar-refractivity contribution in [2.75, 3.05) is 0 Å². The van der Waals surface area contributed by atoms with Gasteiger partial charge in [-0.3, -0.25) is 0 Å². The third kappa shape index (κ3) is 2.39. The first-order valence-electron chi connectivity index (χ1n) is 13.3. The monoisotopic (exact) mass is 396 g/mol. The fraction of sp³-hybridized carbons (Fsp3) is 0.931. The van der Waals surface area contributed by atoms with Crippen LogP contribution in [-0.2, 0) is 0 Å². The van der Waals surface area contributed by atoms with Crippen LogP contribution < -0.4 is 0 Å². The topological polar surface area (TPSA) is 0 Å². The van der Waals surface area contributed by atoms with Crippen molar-refractivity contribution in [1.29, 1.82) is 0 Å². The van der Waals surface area contributed by atoms with Gasteiger partial charge < -0.3 is 0 Å². The van der Waals surface area contributed by atoms with Crippen molar-refractivity contribution in [2.24, 2.45) is 44.8 Å². The largest absolute Gasteiger partial charge is 0.0651 e. The van der Waals surface area contributed by atoms with Crippen molar-refractivity contribution in [3.8, 4) is 0 Å². The first kappa shape index (κ1) is 20.6. The summed E-state index contributed by atoms with van der Waals surface area (Å²) in [6.07, 6.45) is 17.5. The number of rotatable bonds is 1. The Kier molecular flexibility index (Phi) is 4.38. The standard InChI is InChI=1S/C29H48/c1-8-20-10-11-21-22-12-13-24-27(5)16-9-15-25(2,3)23(27)14-17-29(24,7)28(22,6)19-18-26(20,21)4/h20,23-24H,8-19H2,1-7H3/t20-,23+,24-,26+,27-,28+,29+/m0/s1. The summed E-state index contributed by atoms with van der Waals surface area (Å²) in [6, 6.07) is 0. The average molecular weight is 397 g/mol. The molecule has 0 aromatic carbocycles. The van der Waals surface area contributed by atoms with E-state index in [1.165, 1.54) is 77.0 Å². The van der Waals surface area contributed by atoms with E-state index >= 15 is 0 Å². The molecule has 0 unspecified atom stereocenters. The van der Waals surface area contributed by atoms with Gasteiger partial charge in [-0.05, 0) is 109 Å². The smallest absolute Gasteiger partial charge is 0.00566 e. The fourth-order valence-electron chi connectivity index (χ4n) is 11.0. The molecule has 0 aromatic heterocycles. The highest BCUT2D eigenvalue weighted by molar-refractivity contribution is 5.38. The van der Waals surface area contributed by atoms with E-state index in [0.29, 0.717) is 27.1 Å². The molecule has 0 radical (unpaired) electrons. The molecule has 4 fully saturated rings. The number of hydrogen-bond donors (Lipinski definition) is 0. The van der Waals surface area contributed by atoms with Gasteiger partial charge in [0.25, 0.3) is 0 Å². The highest BCUT2D eigenvalue weighted by atomic mass is 14.7. The SMILES string of the molecule is CC[C@H]1CCC2=C3CC[C@H]4[C@@]5(C)CCCC(C)(C)[C@H]5CC[C@@]4(C)[C@]3(C)CC[C@@]21C. The van der Waals surface area contributed by atoms with Crippen LogP contribution in [0.15, 0.2) is 11.1 Å². The van der Waals surface area contributed by atoms with E-state index in [1.807, 2.05) is 11.1 Å². The maximum Gasteiger partial charge on any atom is -0.00566 e. The predicted molar refractivity (Wildman–Crippen MR) is 125 cm³/mol. The molecule has 7 atom stereocenters. The molecule has 0 bridgehead atoms. The quantitative estimate of drug-likeness (QED) is 0.388. The zero-order valence-corrected chi connectivity index (χ0v) is 20.7. The molecule has 0 amide bonds. The molecule has 0 spiro atoms. The van der Waals surface area contributed by atoms with Gasteiger partial charge in [-0.1, -0.05) is 72.5 Å². The Morgan fingerprint density at radius 1 is 0.724 bits per heavy atom. The summed E-state index contributed by atoms with van der Waals surface area (Å²) in [5.74, 6) is 2.84. The van der Waals surface area contributed by atoms with E-state index in [4.69, 9.17) is 0 Å². The lowest BCUT2D eigenvalue weighted by atomic mass is 9.34. The molecule has 0 aliphatic heterocycles. The van der Waals surface area contributed by atoms with Crippen LogP contribution >= 0.6 is 0 Å². The normalized spacial score (nSPS) is 53.7. The minimum absolute atomic E-state index is 0.475. The molecule has 0 aromatic rings. The molecule has 164 valence electrons. The van der Waals surface area contributed by atoms with Crippen molar-refractivity contribution in [2.45, 2.75) is 126 Å². The highest BCUT2D eigenvalue weighted by Gasteiger charge is 2.66. The molecule has 5 aliphatic rings. The van der Waals surface area contributed by atoms with Crippen LogP contribution in [0.1, 0.15) is 126 Å². The van der Waals surface area contributed by atoms with Gasteiger partial charge in [0.05, 0.1) is 0 Å². The molecule has 5 rings (SSSR count). The van der Waals surface area contributed by atoms with Crippen LogP contribution in [0.25, 0.3) is 0 Å². The second-order valence-electron chi connectivity index (χ2n) is 13.8. The molecule has 0 nitrogen and oxygen atoms in total. The second kappa shape index (κ2) is 6.16. The lowest BCUT2D eigenvalue weighted by Gasteiger charge is -2.70. The van der Waals surface area contributed by atoms with Crippen LogP contribution in [0.4, 0.5) is 0 Å². The maximum absolute atomic E-state index is 2.77. The second-order valence-corrected chi connectivity index (χ2v) is 13.8. The van der Waals surface area contributed by atoms with Gasteiger partial charge in [0.1, 0.15) is 0 Å². The summed E-state index contributed by atoms with van der Waals surface area (Å²) in [4.78, 5) is 0. The molecule has 5 aliphatic carbocycles. The lowest BCUT2D eigenvalue weighted by Crippen LogP contribution is -2.62. The Hall–Kier alpha value is -0.260. The van der Waals surface area contributed by atoms with Gasteiger partial charge in [0.2, 0.25) is 0 Å². The van der Waals surface area contributed by atoms with E-state index < -0.39 is 0 Å². The van der Waals surface area contributed by atoms with Crippen LogP contribution in [0.2, 0.25) is 0 Å². The van der Waals surface area contributed by atoms with E-state index in [9.17, 15) is 0 Å². The maximum atomic E-state index is 2.77. The Morgan fingerprint density at radius 2 is 1.45 bits per heavy atom. The Labute approximate surface area is 181 Å². The van der Waals surface area contributed by atoms with Gasteiger partial charge in [0, 0.05) is 0 Å². The third-order valence-electron chi connectivity index (χ3n) is 12.7. The molecule has 0 heterocycles. The van der Waals surface area contributed by atoms with Crippen molar-refractivity contribution in [3.63, 3.8) is 0 Å². The molecule has 0 saturated heterocycles. The predicted octanol–water partition coefficient (Wildman–Crippen LogP) is 8.95. The van der Waals surface area contributed by atoms with Crippen LogP contribution in [-0.4, -0.2) is 0 Å². The molecule has 0 heteroatoms. The summed E-state index contributed by atoms with van der Waals surface area (Å²) in [6.45, 7) is 18.6. The van der Waals surface area contributed by atoms with Crippen LogP contribution in [0, 0.1) is 44.8 Å². The van der Waals surface area contributed by atoms with Crippen molar-refractivity contribution >= 4 is 0 Å². The van der Waals surface area contributed by atoms with Gasteiger partial charge >= 0.3 is 0 Å². The lowest BCUT2D eigenvalue weighted by molar-refractivity contribution is -0.179.